The molecular weight excluding hydrogens is 456 g/mol. The summed E-state index contributed by atoms with van der Waals surface area (Å²) in [5, 5.41) is 5.76. The summed E-state index contributed by atoms with van der Waals surface area (Å²) in [6.07, 6.45) is 2.57. The summed E-state index contributed by atoms with van der Waals surface area (Å²) in [6.45, 7) is 1.10. The molecule has 0 saturated carbocycles. The Bertz CT molecular complexity index is 1100. The molecule has 0 atom stereocenters. The van der Waals surface area contributed by atoms with Gasteiger partial charge in [-0.1, -0.05) is 36.4 Å². The van der Waals surface area contributed by atoms with Crippen LogP contribution in [0.15, 0.2) is 72.8 Å². The molecule has 0 aliphatic rings. The van der Waals surface area contributed by atoms with Crippen LogP contribution in [-0.4, -0.2) is 39.2 Å². The van der Waals surface area contributed by atoms with E-state index in [1.54, 1.807) is 14.2 Å². The number of amides is 2. The first kappa shape index (κ1) is 26.6. The Morgan fingerprint density at radius 1 is 0.750 bits per heavy atom. The van der Waals surface area contributed by atoms with Gasteiger partial charge in [-0.25, -0.2) is 0 Å². The number of hydrogen-bond donors (Lipinski definition) is 2. The zero-order chi connectivity index (χ0) is 25.6. The normalized spacial score (nSPS) is 10.4. The Labute approximate surface area is 212 Å². The predicted molar refractivity (Wildman–Crippen MR) is 141 cm³/mol. The largest absolute Gasteiger partial charge is 0.493 e. The average Bonchev–Trinajstić information content (AvgIpc) is 2.90. The fraction of sp³-hybridized carbons (Fsp3) is 0.310. The minimum absolute atomic E-state index is 0.0692. The number of methoxy groups -OCH3 is 2. The van der Waals surface area contributed by atoms with Crippen LogP contribution >= 0.6 is 0 Å². The summed E-state index contributed by atoms with van der Waals surface area (Å²) >= 11 is 0. The minimum Gasteiger partial charge on any atom is -0.493 e. The molecular formula is C29H34N2O5. The molecule has 3 aromatic rings. The van der Waals surface area contributed by atoms with Gasteiger partial charge < -0.3 is 24.8 Å². The van der Waals surface area contributed by atoms with Crippen molar-refractivity contribution in [2.45, 2.75) is 32.1 Å². The smallest absolute Gasteiger partial charge is 0.224 e. The van der Waals surface area contributed by atoms with Crippen molar-refractivity contribution in [1.82, 2.24) is 5.32 Å². The van der Waals surface area contributed by atoms with E-state index in [4.69, 9.17) is 14.2 Å². The first-order valence-corrected chi connectivity index (χ1v) is 12.1. The van der Waals surface area contributed by atoms with E-state index in [1.165, 1.54) is 5.56 Å². The lowest BCUT2D eigenvalue weighted by molar-refractivity contribution is -0.121. The molecule has 0 heterocycles. The molecule has 2 amide bonds. The topological polar surface area (TPSA) is 85.9 Å². The third-order valence-corrected chi connectivity index (χ3v) is 5.63. The monoisotopic (exact) mass is 490 g/mol. The molecule has 0 unspecified atom stereocenters. The van der Waals surface area contributed by atoms with Crippen molar-refractivity contribution in [3.63, 3.8) is 0 Å². The number of carbonyl (C=O) groups excluding carboxylic acids is 2. The van der Waals surface area contributed by atoms with Gasteiger partial charge in [-0.2, -0.15) is 0 Å². The number of benzene rings is 3. The third kappa shape index (κ3) is 8.98. The van der Waals surface area contributed by atoms with Crippen molar-refractivity contribution in [3.05, 3.63) is 83.9 Å². The Hall–Kier alpha value is -4.00. The number of anilines is 1. The van der Waals surface area contributed by atoms with Gasteiger partial charge in [0, 0.05) is 31.5 Å². The SMILES string of the molecule is COc1ccc(CCNC(=O)CCCC(=O)Nc2ccc(OCCc3ccccc3)cc2)cc1OC. The van der Waals surface area contributed by atoms with Crippen molar-refractivity contribution >= 4 is 17.5 Å². The Balaban J connectivity index is 1.29. The van der Waals surface area contributed by atoms with Crippen LogP contribution in [0, 0.1) is 0 Å². The molecule has 3 aromatic carbocycles. The maximum atomic E-state index is 12.2. The molecule has 3 rings (SSSR count). The number of rotatable bonds is 14. The van der Waals surface area contributed by atoms with Crippen LogP contribution in [0.3, 0.4) is 0 Å². The lowest BCUT2D eigenvalue weighted by atomic mass is 10.1. The molecule has 2 N–H and O–H groups in total. The van der Waals surface area contributed by atoms with Crippen molar-refractivity contribution in [2.75, 3.05) is 32.7 Å². The molecule has 0 aromatic heterocycles. The molecule has 0 aliphatic carbocycles. The van der Waals surface area contributed by atoms with Crippen molar-refractivity contribution < 1.29 is 23.8 Å². The van der Waals surface area contributed by atoms with Gasteiger partial charge >= 0.3 is 0 Å². The predicted octanol–water partition coefficient (Wildman–Crippen LogP) is 4.79. The molecule has 0 spiro atoms. The van der Waals surface area contributed by atoms with E-state index in [9.17, 15) is 9.59 Å². The molecule has 0 bridgehead atoms. The molecule has 0 fully saturated rings. The first-order chi connectivity index (χ1) is 17.6. The van der Waals surface area contributed by atoms with Gasteiger partial charge in [-0.05, 0) is 60.4 Å². The number of nitrogens with one attached hydrogen (secondary N) is 2. The zero-order valence-electron chi connectivity index (χ0n) is 20.9. The van der Waals surface area contributed by atoms with Gasteiger partial charge in [0.2, 0.25) is 11.8 Å². The Morgan fingerprint density at radius 2 is 1.47 bits per heavy atom. The van der Waals surface area contributed by atoms with Crippen molar-refractivity contribution in [3.8, 4) is 17.2 Å². The Morgan fingerprint density at radius 3 is 2.19 bits per heavy atom. The van der Waals surface area contributed by atoms with E-state index < -0.39 is 0 Å². The van der Waals surface area contributed by atoms with Gasteiger partial charge in [-0.15, -0.1) is 0 Å². The highest BCUT2D eigenvalue weighted by Gasteiger charge is 2.08. The summed E-state index contributed by atoms with van der Waals surface area (Å²) in [7, 11) is 3.19. The fourth-order valence-corrected chi connectivity index (χ4v) is 3.67. The van der Waals surface area contributed by atoms with Crippen LogP contribution in [0.2, 0.25) is 0 Å². The lowest BCUT2D eigenvalue weighted by Crippen LogP contribution is -2.25. The van der Waals surface area contributed by atoms with Gasteiger partial charge in [0.1, 0.15) is 5.75 Å². The third-order valence-electron chi connectivity index (χ3n) is 5.63. The Kier molecular flexibility index (Phi) is 10.6. The van der Waals surface area contributed by atoms with Gasteiger partial charge in [0.15, 0.2) is 11.5 Å². The minimum atomic E-state index is -0.120. The molecule has 7 heteroatoms. The molecule has 190 valence electrons. The van der Waals surface area contributed by atoms with Crippen LogP contribution in [0.4, 0.5) is 5.69 Å². The summed E-state index contributed by atoms with van der Waals surface area (Å²) in [4.78, 5) is 24.3. The molecule has 7 nitrogen and oxygen atoms in total. The molecule has 0 radical (unpaired) electrons. The maximum Gasteiger partial charge on any atom is 0.224 e. The van der Waals surface area contributed by atoms with Crippen molar-refractivity contribution in [2.24, 2.45) is 0 Å². The summed E-state index contributed by atoms with van der Waals surface area (Å²) < 4.78 is 16.3. The second-order valence-electron chi connectivity index (χ2n) is 8.30. The quantitative estimate of drug-likeness (QED) is 0.339. The summed E-state index contributed by atoms with van der Waals surface area (Å²) in [5.74, 6) is 1.91. The molecule has 0 saturated heterocycles. The summed E-state index contributed by atoms with van der Waals surface area (Å²) in [5.41, 5.74) is 2.97. The second-order valence-corrected chi connectivity index (χ2v) is 8.30. The maximum absolute atomic E-state index is 12.2. The van der Waals surface area contributed by atoms with E-state index >= 15 is 0 Å². The summed E-state index contributed by atoms with van der Waals surface area (Å²) in [6, 6.07) is 23.2. The number of hydrogen-bond acceptors (Lipinski definition) is 5. The van der Waals surface area contributed by atoms with Crippen LogP contribution in [-0.2, 0) is 22.4 Å². The lowest BCUT2D eigenvalue weighted by Gasteiger charge is -2.10. The van der Waals surface area contributed by atoms with Gasteiger partial charge in [-0.3, -0.25) is 9.59 Å². The standard InChI is InChI=1S/C29H34N2O5/c1-34-26-16-11-23(21-27(26)35-2)17-19-30-28(32)9-6-10-29(33)31-24-12-14-25(15-13-24)36-20-18-22-7-4-3-5-8-22/h3-5,7-8,11-16,21H,6,9-10,17-20H2,1-2H3,(H,30,32)(H,31,33). The van der Waals surface area contributed by atoms with Crippen LogP contribution in [0.1, 0.15) is 30.4 Å². The number of carbonyl (C=O) groups is 2. The highest BCUT2D eigenvalue weighted by molar-refractivity contribution is 5.91. The van der Waals surface area contributed by atoms with E-state index in [-0.39, 0.29) is 18.2 Å². The zero-order valence-corrected chi connectivity index (χ0v) is 20.9. The number of ether oxygens (including phenoxy) is 3. The van der Waals surface area contributed by atoms with E-state index in [0.717, 1.165) is 17.7 Å². The van der Waals surface area contributed by atoms with E-state index in [0.29, 0.717) is 49.6 Å². The first-order valence-electron chi connectivity index (χ1n) is 12.1. The van der Waals surface area contributed by atoms with Crippen LogP contribution in [0.5, 0.6) is 17.2 Å². The van der Waals surface area contributed by atoms with E-state index in [1.807, 2.05) is 60.7 Å². The fourth-order valence-electron chi connectivity index (χ4n) is 3.67. The van der Waals surface area contributed by atoms with Crippen molar-refractivity contribution in [1.29, 1.82) is 0 Å². The van der Waals surface area contributed by atoms with Gasteiger partial charge in [0.25, 0.3) is 0 Å². The highest BCUT2D eigenvalue weighted by Crippen LogP contribution is 2.27. The van der Waals surface area contributed by atoms with Crippen LogP contribution < -0.4 is 24.8 Å². The highest BCUT2D eigenvalue weighted by atomic mass is 16.5. The van der Waals surface area contributed by atoms with Crippen LogP contribution in [0.25, 0.3) is 0 Å². The average molecular weight is 491 g/mol. The molecule has 0 aliphatic heterocycles. The van der Waals surface area contributed by atoms with E-state index in [2.05, 4.69) is 22.8 Å². The van der Waals surface area contributed by atoms with Gasteiger partial charge in [0.05, 0.1) is 20.8 Å². The molecule has 36 heavy (non-hydrogen) atoms. The second kappa shape index (κ2) is 14.4.